The van der Waals surface area contributed by atoms with Gasteiger partial charge in [0.25, 0.3) is 0 Å². The van der Waals surface area contributed by atoms with Gasteiger partial charge in [0.2, 0.25) is 5.91 Å². The van der Waals surface area contributed by atoms with Crippen LogP contribution in [-0.4, -0.2) is 22.3 Å². The number of rotatable bonds is 4. The third kappa shape index (κ3) is 3.67. The van der Waals surface area contributed by atoms with E-state index in [2.05, 4.69) is 5.32 Å². The van der Waals surface area contributed by atoms with E-state index in [-0.39, 0.29) is 16.9 Å². The zero-order valence-corrected chi connectivity index (χ0v) is 11.4. The van der Waals surface area contributed by atoms with Crippen LogP contribution in [-0.2, 0) is 4.79 Å². The Morgan fingerprint density at radius 1 is 1.44 bits per heavy atom. The second-order valence-corrected chi connectivity index (χ2v) is 6.16. The fraction of sp³-hybridized carbons (Fsp3) is 0.500. The molecule has 0 radical (unpaired) electrons. The van der Waals surface area contributed by atoms with Crippen LogP contribution in [0.25, 0.3) is 0 Å². The number of aromatic hydroxyl groups is 1. The van der Waals surface area contributed by atoms with E-state index in [0.717, 1.165) is 17.7 Å². The summed E-state index contributed by atoms with van der Waals surface area (Å²) in [5.74, 6) is 0.332. The quantitative estimate of drug-likeness (QED) is 0.823. The highest BCUT2D eigenvalue weighted by molar-refractivity contribution is 8.00. The van der Waals surface area contributed by atoms with Crippen LogP contribution < -0.4 is 5.32 Å². The van der Waals surface area contributed by atoms with Crippen molar-refractivity contribution in [3.05, 3.63) is 24.3 Å². The first-order chi connectivity index (χ1) is 8.65. The van der Waals surface area contributed by atoms with Gasteiger partial charge in [0.1, 0.15) is 5.75 Å². The van der Waals surface area contributed by atoms with Gasteiger partial charge in [-0.05, 0) is 38.0 Å². The van der Waals surface area contributed by atoms with Gasteiger partial charge in [-0.1, -0.05) is 18.9 Å². The van der Waals surface area contributed by atoms with Crippen LogP contribution in [0.4, 0.5) is 0 Å². The van der Waals surface area contributed by atoms with Gasteiger partial charge in [-0.25, -0.2) is 0 Å². The highest BCUT2D eigenvalue weighted by atomic mass is 32.2. The number of carbonyl (C=O) groups is 1. The summed E-state index contributed by atoms with van der Waals surface area (Å²) < 4.78 is 0. The monoisotopic (exact) mass is 265 g/mol. The van der Waals surface area contributed by atoms with E-state index in [4.69, 9.17) is 0 Å². The number of carbonyl (C=O) groups excluding carboxylic acids is 1. The average molecular weight is 265 g/mol. The first-order valence-corrected chi connectivity index (χ1v) is 7.29. The zero-order valence-electron chi connectivity index (χ0n) is 10.6. The molecule has 1 aliphatic rings. The highest BCUT2D eigenvalue weighted by Gasteiger charge is 2.21. The molecule has 0 aromatic heterocycles. The van der Waals surface area contributed by atoms with Crippen molar-refractivity contribution < 1.29 is 9.90 Å². The fourth-order valence-electron chi connectivity index (χ4n) is 2.20. The molecule has 1 aliphatic carbocycles. The van der Waals surface area contributed by atoms with Crippen LogP contribution in [0.3, 0.4) is 0 Å². The SMILES string of the molecule is CC(Sc1cccc(O)c1)C(=O)NC1CCCC1. The molecule has 1 saturated carbocycles. The summed E-state index contributed by atoms with van der Waals surface area (Å²) in [5, 5.41) is 12.3. The number of nitrogens with one attached hydrogen (secondary N) is 1. The van der Waals surface area contributed by atoms with Crippen LogP contribution in [0.15, 0.2) is 29.2 Å². The maximum absolute atomic E-state index is 12.0. The van der Waals surface area contributed by atoms with Crippen molar-refractivity contribution >= 4 is 17.7 Å². The number of phenols is 1. The van der Waals surface area contributed by atoms with Crippen LogP contribution in [0.5, 0.6) is 5.75 Å². The summed E-state index contributed by atoms with van der Waals surface area (Å²) in [4.78, 5) is 12.9. The van der Waals surface area contributed by atoms with Crippen molar-refractivity contribution in [1.29, 1.82) is 0 Å². The van der Waals surface area contributed by atoms with Gasteiger partial charge in [0, 0.05) is 10.9 Å². The predicted octanol–water partition coefficient (Wildman–Crippen LogP) is 2.93. The minimum atomic E-state index is -0.132. The van der Waals surface area contributed by atoms with Crippen molar-refractivity contribution in [2.45, 2.75) is 48.8 Å². The fourth-order valence-corrected chi connectivity index (χ4v) is 3.13. The van der Waals surface area contributed by atoms with Crippen molar-refractivity contribution in [2.75, 3.05) is 0 Å². The lowest BCUT2D eigenvalue weighted by atomic mass is 10.2. The molecular formula is C14H19NO2S. The van der Waals surface area contributed by atoms with Crippen LogP contribution in [0, 0.1) is 0 Å². The minimum absolute atomic E-state index is 0.0928. The molecule has 98 valence electrons. The number of benzene rings is 1. The normalized spacial score (nSPS) is 17.6. The molecule has 3 nitrogen and oxygen atoms in total. The summed E-state index contributed by atoms with van der Waals surface area (Å²) in [5.41, 5.74) is 0. The van der Waals surface area contributed by atoms with Gasteiger partial charge in [-0.2, -0.15) is 0 Å². The standard InChI is InChI=1S/C14H19NO2S/c1-10(14(17)15-11-5-2-3-6-11)18-13-8-4-7-12(16)9-13/h4,7-11,16H,2-3,5-6H2,1H3,(H,15,17). The Morgan fingerprint density at radius 3 is 2.83 bits per heavy atom. The van der Waals surface area contributed by atoms with Gasteiger partial charge in [-0.15, -0.1) is 11.8 Å². The van der Waals surface area contributed by atoms with Crippen LogP contribution in [0.1, 0.15) is 32.6 Å². The number of thioether (sulfide) groups is 1. The molecule has 0 spiro atoms. The molecule has 1 atom stereocenters. The maximum Gasteiger partial charge on any atom is 0.233 e. The predicted molar refractivity (Wildman–Crippen MR) is 73.8 cm³/mol. The molecule has 0 saturated heterocycles. The van der Waals surface area contributed by atoms with Crippen molar-refractivity contribution in [2.24, 2.45) is 0 Å². The molecular weight excluding hydrogens is 246 g/mol. The molecule has 1 fully saturated rings. The summed E-state index contributed by atoms with van der Waals surface area (Å²) >= 11 is 1.48. The Kier molecular flexibility index (Phi) is 4.53. The lowest BCUT2D eigenvalue weighted by Gasteiger charge is -2.16. The number of amides is 1. The molecule has 4 heteroatoms. The summed E-state index contributed by atoms with van der Waals surface area (Å²) in [6, 6.07) is 7.38. The Morgan fingerprint density at radius 2 is 2.17 bits per heavy atom. The second-order valence-electron chi connectivity index (χ2n) is 4.75. The lowest BCUT2D eigenvalue weighted by molar-refractivity contribution is -0.120. The first kappa shape index (κ1) is 13.3. The van der Waals surface area contributed by atoms with E-state index in [0.29, 0.717) is 6.04 Å². The number of phenolic OH excluding ortho intramolecular Hbond substituents is 1. The van der Waals surface area contributed by atoms with E-state index in [1.807, 2.05) is 13.0 Å². The van der Waals surface area contributed by atoms with Gasteiger partial charge in [0.05, 0.1) is 5.25 Å². The van der Waals surface area contributed by atoms with E-state index < -0.39 is 0 Å². The van der Waals surface area contributed by atoms with Crippen molar-refractivity contribution in [1.82, 2.24) is 5.32 Å². The van der Waals surface area contributed by atoms with Gasteiger partial charge < -0.3 is 10.4 Å². The summed E-state index contributed by atoms with van der Waals surface area (Å²) in [7, 11) is 0. The van der Waals surface area contributed by atoms with E-state index >= 15 is 0 Å². The van der Waals surface area contributed by atoms with E-state index in [1.165, 1.54) is 24.6 Å². The molecule has 18 heavy (non-hydrogen) atoms. The highest BCUT2D eigenvalue weighted by Crippen LogP contribution is 2.26. The second kappa shape index (κ2) is 6.14. The van der Waals surface area contributed by atoms with E-state index in [1.54, 1.807) is 18.2 Å². The third-order valence-corrected chi connectivity index (χ3v) is 4.29. The smallest absolute Gasteiger partial charge is 0.233 e. The van der Waals surface area contributed by atoms with Crippen molar-refractivity contribution in [3.63, 3.8) is 0 Å². The van der Waals surface area contributed by atoms with E-state index in [9.17, 15) is 9.90 Å². The van der Waals surface area contributed by atoms with Gasteiger partial charge in [0.15, 0.2) is 0 Å². The average Bonchev–Trinajstić information content (AvgIpc) is 2.81. The van der Waals surface area contributed by atoms with Gasteiger partial charge >= 0.3 is 0 Å². The molecule has 2 N–H and O–H groups in total. The lowest BCUT2D eigenvalue weighted by Crippen LogP contribution is -2.37. The Hall–Kier alpha value is -1.16. The number of hydrogen-bond donors (Lipinski definition) is 2. The Labute approximate surface area is 112 Å². The molecule has 1 aromatic carbocycles. The number of hydrogen-bond acceptors (Lipinski definition) is 3. The van der Waals surface area contributed by atoms with Crippen LogP contribution in [0.2, 0.25) is 0 Å². The molecule has 1 amide bonds. The largest absolute Gasteiger partial charge is 0.508 e. The molecule has 0 heterocycles. The third-order valence-electron chi connectivity index (χ3n) is 3.20. The zero-order chi connectivity index (χ0) is 13.0. The van der Waals surface area contributed by atoms with Crippen LogP contribution >= 0.6 is 11.8 Å². The molecule has 1 aromatic rings. The first-order valence-electron chi connectivity index (χ1n) is 6.41. The minimum Gasteiger partial charge on any atom is -0.508 e. The Balaban J connectivity index is 1.86. The molecule has 0 bridgehead atoms. The molecule has 1 unspecified atom stereocenters. The molecule has 2 rings (SSSR count). The van der Waals surface area contributed by atoms with Gasteiger partial charge in [-0.3, -0.25) is 4.79 Å². The maximum atomic E-state index is 12.0. The van der Waals surface area contributed by atoms with Crippen molar-refractivity contribution in [3.8, 4) is 5.75 Å². The topological polar surface area (TPSA) is 49.3 Å². The molecule has 0 aliphatic heterocycles. The Bertz CT molecular complexity index is 416. The summed E-state index contributed by atoms with van der Waals surface area (Å²) in [6.45, 7) is 1.90. The summed E-state index contributed by atoms with van der Waals surface area (Å²) in [6.07, 6.45) is 4.66.